The van der Waals surface area contributed by atoms with Gasteiger partial charge >= 0.3 is 0 Å². The first kappa shape index (κ1) is 15.0. The van der Waals surface area contributed by atoms with E-state index in [1.54, 1.807) is 10.9 Å². The summed E-state index contributed by atoms with van der Waals surface area (Å²) in [6, 6.07) is 0. The first-order chi connectivity index (χ1) is 9.68. The fourth-order valence-corrected chi connectivity index (χ4v) is 2.30. The highest BCUT2D eigenvalue weighted by atomic mass is 16.5. The van der Waals surface area contributed by atoms with Crippen molar-refractivity contribution in [2.24, 2.45) is 7.05 Å². The number of carbonyl (C=O) groups is 1. The number of carbonyl (C=O) groups excluding carboxylic acids is 1. The highest BCUT2D eigenvalue weighted by molar-refractivity contribution is 5.94. The van der Waals surface area contributed by atoms with Crippen LogP contribution in [0.5, 0.6) is 0 Å². The van der Waals surface area contributed by atoms with E-state index in [2.05, 4.69) is 15.7 Å². The molecule has 2 rings (SSSR count). The summed E-state index contributed by atoms with van der Waals surface area (Å²) in [5, 5.41) is 10.3. The lowest BCUT2D eigenvalue weighted by atomic mass is 10.1. The van der Waals surface area contributed by atoms with Gasteiger partial charge in [-0.1, -0.05) is 0 Å². The Morgan fingerprint density at radius 2 is 2.30 bits per heavy atom. The third-order valence-corrected chi connectivity index (χ3v) is 3.73. The van der Waals surface area contributed by atoms with Crippen LogP contribution in [-0.4, -0.2) is 48.0 Å². The average Bonchev–Trinajstić information content (AvgIpc) is 2.80. The van der Waals surface area contributed by atoms with Crippen molar-refractivity contribution in [3.8, 4) is 0 Å². The van der Waals surface area contributed by atoms with E-state index in [9.17, 15) is 4.79 Å². The largest absolute Gasteiger partial charge is 0.378 e. The highest BCUT2D eigenvalue weighted by Gasteiger charge is 2.14. The molecule has 2 heterocycles. The first-order valence-corrected chi connectivity index (χ1v) is 7.27. The Morgan fingerprint density at radius 1 is 1.55 bits per heavy atom. The Hall–Kier alpha value is -1.40. The van der Waals surface area contributed by atoms with E-state index >= 15 is 0 Å². The van der Waals surface area contributed by atoms with Gasteiger partial charge in [-0.05, 0) is 39.3 Å². The van der Waals surface area contributed by atoms with Gasteiger partial charge in [-0.3, -0.25) is 9.48 Å². The van der Waals surface area contributed by atoms with Crippen molar-refractivity contribution in [3.05, 3.63) is 17.5 Å². The molecular formula is C14H24N4O2. The van der Waals surface area contributed by atoms with Crippen molar-refractivity contribution >= 4 is 5.91 Å². The Labute approximate surface area is 119 Å². The van der Waals surface area contributed by atoms with Gasteiger partial charge in [0.15, 0.2) is 0 Å². The monoisotopic (exact) mass is 280 g/mol. The molecule has 0 aromatic carbocycles. The number of amides is 1. The zero-order chi connectivity index (χ0) is 14.4. The van der Waals surface area contributed by atoms with Crippen molar-refractivity contribution in [1.82, 2.24) is 20.4 Å². The van der Waals surface area contributed by atoms with Gasteiger partial charge in [-0.2, -0.15) is 5.10 Å². The minimum absolute atomic E-state index is 0.0579. The molecular weight excluding hydrogens is 256 g/mol. The van der Waals surface area contributed by atoms with Crippen LogP contribution in [0.4, 0.5) is 0 Å². The van der Waals surface area contributed by atoms with E-state index in [-0.39, 0.29) is 5.91 Å². The number of aromatic nitrogens is 2. The standard InChI is InChI=1S/C14H24N4O2/c1-11-13(10-17-18(11)2)14(19)16-6-3-9-20-12-4-7-15-8-5-12/h10,12,15H,3-9H2,1-2H3,(H,16,19). The van der Waals surface area contributed by atoms with Gasteiger partial charge in [0.25, 0.3) is 5.91 Å². The molecule has 0 unspecified atom stereocenters. The lowest BCUT2D eigenvalue weighted by Gasteiger charge is -2.22. The molecule has 0 bridgehead atoms. The van der Waals surface area contributed by atoms with Gasteiger partial charge in [-0.25, -0.2) is 0 Å². The van der Waals surface area contributed by atoms with Gasteiger partial charge in [-0.15, -0.1) is 0 Å². The molecule has 1 saturated heterocycles. The van der Waals surface area contributed by atoms with Gasteiger partial charge in [0, 0.05) is 25.9 Å². The Morgan fingerprint density at radius 3 is 2.95 bits per heavy atom. The van der Waals surface area contributed by atoms with Gasteiger partial charge in [0.05, 0.1) is 17.9 Å². The molecule has 1 aliphatic heterocycles. The van der Waals surface area contributed by atoms with Crippen LogP contribution in [0, 0.1) is 6.92 Å². The number of hydrogen-bond donors (Lipinski definition) is 2. The summed E-state index contributed by atoms with van der Waals surface area (Å²) in [5.41, 5.74) is 1.53. The van der Waals surface area contributed by atoms with Gasteiger partial charge < -0.3 is 15.4 Å². The fourth-order valence-electron chi connectivity index (χ4n) is 2.30. The summed E-state index contributed by atoms with van der Waals surface area (Å²) in [5.74, 6) is -0.0579. The second-order valence-electron chi connectivity index (χ2n) is 5.20. The molecule has 1 aromatic rings. The lowest BCUT2D eigenvalue weighted by molar-refractivity contribution is 0.0318. The maximum atomic E-state index is 11.9. The first-order valence-electron chi connectivity index (χ1n) is 7.27. The third kappa shape index (κ3) is 4.05. The maximum Gasteiger partial charge on any atom is 0.254 e. The molecule has 2 N–H and O–H groups in total. The molecule has 0 atom stereocenters. The minimum atomic E-state index is -0.0579. The van der Waals surface area contributed by atoms with Crippen LogP contribution in [0.2, 0.25) is 0 Å². The van der Waals surface area contributed by atoms with Crippen molar-refractivity contribution in [2.45, 2.75) is 32.3 Å². The number of rotatable bonds is 6. The number of ether oxygens (including phenoxy) is 1. The Bertz CT molecular complexity index is 438. The van der Waals surface area contributed by atoms with Crippen LogP contribution in [0.15, 0.2) is 6.20 Å². The SMILES string of the molecule is Cc1c(C(=O)NCCCOC2CCNCC2)cnn1C. The summed E-state index contributed by atoms with van der Waals surface area (Å²) in [7, 11) is 1.83. The van der Waals surface area contributed by atoms with Gasteiger partial charge in [0.2, 0.25) is 0 Å². The number of hydrogen-bond acceptors (Lipinski definition) is 4. The molecule has 20 heavy (non-hydrogen) atoms. The molecule has 0 radical (unpaired) electrons. The van der Waals surface area contributed by atoms with Crippen molar-refractivity contribution in [3.63, 3.8) is 0 Å². The van der Waals surface area contributed by atoms with Crippen molar-refractivity contribution in [2.75, 3.05) is 26.2 Å². The number of nitrogens with one attached hydrogen (secondary N) is 2. The lowest BCUT2D eigenvalue weighted by Crippen LogP contribution is -2.33. The van der Waals surface area contributed by atoms with Crippen LogP contribution >= 0.6 is 0 Å². The Balaban J connectivity index is 1.61. The predicted octanol–water partition coefficient (Wildman–Crippen LogP) is 0.617. The number of piperidine rings is 1. The smallest absolute Gasteiger partial charge is 0.254 e. The molecule has 6 heteroatoms. The second kappa shape index (κ2) is 7.40. The summed E-state index contributed by atoms with van der Waals surface area (Å²) >= 11 is 0. The Kier molecular flexibility index (Phi) is 5.55. The molecule has 1 fully saturated rings. The molecule has 112 valence electrons. The molecule has 0 aliphatic carbocycles. The second-order valence-corrected chi connectivity index (χ2v) is 5.20. The predicted molar refractivity (Wildman–Crippen MR) is 76.7 cm³/mol. The van der Waals surface area contributed by atoms with Crippen LogP contribution < -0.4 is 10.6 Å². The van der Waals surface area contributed by atoms with E-state index in [0.29, 0.717) is 24.8 Å². The zero-order valence-electron chi connectivity index (χ0n) is 12.3. The molecule has 1 aromatic heterocycles. The fraction of sp³-hybridized carbons (Fsp3) is 0.714. The summed E-state index contributed by atoms with van der Waals surface area (Å²) in [4.78, 5) is 11.9. The third-order valence-electron chi connectivity index (χ3n) is 3.73. The van der Waals surface area contributed by atoms with Crippen LogP contribution in [0.1, 0.15) is 35.3 Å². The van der Waals surface area contributed by atoms with Gasteiger partial charge in [0.1, 0.15) is 0 Å². The van der Waals surface area contributed by atoms with Crippen LogP contribution in [0.3, 0.4) is 0 Å². The van der Waals surface area contributed by atoms with Crippen molar-refractivity contribution < 1.29 is 9.53 Å². The summed E-state index contributed by atoms with van der Waals surface area (Å²) < 4.78 is 7.49. The number of nitrogens with zero attached hydrogens (tertiary/aromatic N) is 2. The molecule has 1 amide bonds. The normalized spacial score (nSPS) is 16.3. The number of aryl methyl sites for hydroxylation is 1. The summed E-state index contributed by atoms with van der Waals surface area (Å²) in [6.45, 7) is 5.32. The molecule has 0 spiro atoms. The molecule has 6 nitrogen and oxygen atoms in total. The maximum absolute atomic E-state index is 11.9. The quantitative estimate of drug-likeness (QED) is 0.750. The van der Waals surface area contributed by atoms with E-state index in [0.717, 1.165) is 38.0 Å². The van der Waals surface area contributed by atoms with E-state index in [4.69, 9.17) is 4.74 Å². The van der Waals surface area contributed by atoms with E-state index < -0.39 is 0 Å². The molecule has 0 saturated carbocycles. The van der Waals surface area contributed by atoms with Crippen molar-refractivity contribution in [1.29, 1.82) is 0 Å². The highest BCUT2D eigenvalue weighted by Crippen LogP contribution is 2.07. The van der Waals surface area contributed by atoms with E-state index in [1.807, 2.05) is 14.0 Å². The zero-order valence-corrected chi connectivity index (χ0v) is 12.3. The average molecular weight is 280 g/mol. The van der Waals surface area contributed by atoms with E-state index in [1.165, 1.54) is 0 Å². The van der Waals surface area contributed by atoms with Crippen LogP contribution in [0.25, 0.3) is 0 Å². The topological polar surface area (TPSA) is 68.2 Å². The van der Waals surface area contributed by atoms with Crippen LogP contribution in [-0.2, 0) is 11.8 Å². The summed E-state index contributed by atoms with van der Waals surface area (Å²) in [6.07, 6.45) is 5.00. The minimum Gasteiger partial charge on any atom is -0.378 e. The molecule has 1 aliphatic rings.